The zero-order valence-corrected chi connectivity index (χ0v) is 19.5. The van der Waals surface area contributed by atoms with Gasteiger partial charge in [0.1, 0.15) is 5.75 Å². The minimum Gasteiger partial charge on any atom is -0.481 e. The van der Waals surface area contributed by atoms with Crippen LogP contribution in [0.4, 0.5) is 0 Å². The Morgan fingerprint density at radius 1 is 1.06 bits per heavy atom. The zero-order valence-electron chi connectivity index (χ0n) is 19.5. The highest BCUT2D eigenvalue weighted by Crippen LogP contribution is 2.38. The Morgan fingerprint density at radius 3 is 2.64 bits per heavy atom. The highest BCUT2D eigenvalue weighted by Gasteiger charge is 2.30. The molecule has 2 aliphatic rings. The van der Waals surface area contributed by atoms with E-state index in [1.807, 2.05) is 13.0 Å². The Balaban J connectivity index is 1.44. The highest BCUT2D eigenvalue weighted by atomic mass is 16.5. The normalized spacial score (nSPS) is 18.9. The molecular formula is C29H32N2O2. The van der Waals surface area contributed by atoms with Crippen molar-refractivity contribution in [2.45, 2.75) is 57.8 Å². The molecule has 0 radical (unpaired) electrons. The monoisotopic (exact) mass is 440 g/mol. The number of amides is 1. The molecule has 1 fully saturated rings. The Kier molecular flexibility index (Phi) is 6.19. The smallest absolute Gasteiger partial charge is 0.260 e. The predicted octanol–water partition coefficient (Wildman–Crippen LogP) is 5.19. The van der Waals surface area contributed by atoms with E-state index in [1.54, 1.807) is 0 Å². The van der Waals surface area contributed by atoms with Crippen LogP contribution in [0.25, 0.3) is 0 Å². The Labute approximate surface area is 196 Å². The van der Waals surface area contributed by atoms with Crippen molar-refractivity contribution in [3.05, 3.63) is 101 Å². The van der Waals surface area contributed by atoms with Gasteiger partial charge >= 0.3 is 0 Å². The maximum absolute atomic E-state index is 12.4. The summed E-state index contributed by atoms with van der Waals surface area (Å²) in [4.78, 5) is 15.0. The average Bonchev–Trinajstić information content (AvgIpc) is 3.63. The quantitative estimate of drug-likeness (QED) is 0.550. The van der Waals surface area contributed by atoms with Crippen molar-refractivity contribution in [1.82, 2.24) is 10.2 Å². The molecule has 4 heteroatoms. The van der Waals surface area contributed by atoms with Gasteiger partial charge in [0.05, 0.1) is 6.04 Å². The first-order chi connectivity index (χ1) is 16.1. The fourth-order valence-electron chi connectivity index (χ4n) is 4.76. The second kappa shape index (κ2) is 9.40. The lowest BCUT2D eigenvalue weighted by Crippen LogP contribution is -2.38. The van der Waals surface area contributed by atoms with E-state index < -0.39 is 6.10 Å². The number of benzene rings is 3. The average molecular weight is 441 g/mol. The fraction of sp³-hybridized carbons (Fsp3) is 0.345. The largest absolute Gasteiger partial charge is 0.481 e. The fourth-order valence-corrected chi connectivity index (χ4v) is 4.76. The van der Waals surface area contributed by atoms with E-state index in [-0.39, 0.29) is 11.9 Å². The van der Waals surface area contributed by atoms with E-state index in [4.69, 9.17) is 4.74 Å². The molecule has 3 aromatic carbocycles. The number of fused-ring (bicyclic) bond motifs is 1. The topological polar surface area (TPSA) is 41.6 Å². The van der Waals surface area contributed by atoms with Gasteiger partial charge in [0.2, 0.25) is 0 Å². The Bertz CT molecular complexity index is 1120. The molecule has 1 heterocycles. The third-order valence-electron chi connectivity index (χ3n) is 6.63. The van der Waals surface area contributed by atoms with E-state index in [0.29, 0.717) is 6.04 Å². The molecule has 33 heavy (non-hydrogen) atoms. The first kappa shape index (κ1) is 21.7. The van der Waals surface area contributed by atoms with Crippen molar-refractivity contribution < 1.29 is 9.53 Å². The summed E-state index contributed by atoms with van der Waals surface area (Å²) in [6.07, 6.45) is 2.65. The van der Waals surface area contributed by atoms with Crippen LogP contribution in [0.3, 0.4) is 0 Å². The number of rotatable bonds is 7. The van der Waals surface area contributed by atoms with Gasteiger partial charge in [-0.1, -0.05) is 66.2 Å². The molecule has 0 bridgehead atoms. The van der Waals surface area contributed by atoms with E-state index in [1.165, 1.54) is 27.8 Å². The molecule has 0 aromatic heterocycles. The molecule has 4 nitrogen and oxygen atoms in total. The minimum atomic E-state index is -0.509. The molecule has 2 atom stereocenters. The van der Waals surface area contributed by atoms with Crippen LogP contribution in [0.2, 0.25) is 0 Å². The maximum atomic E-state index is 12.4. The molecule has 1 N–H and O–H groups in total. The molecular weight excluding hydrogens is 408 g/mol. The predicted molar refractivity (Wildman–Crippen MR) is 131 cm³/mol. The first-order valence-electron chi connectivity index (χ1n) is 12.0. The summed E-state index contributed by atoms with van der Waals surface area (Å²) in [5, 5.41) is 3.04. The SMILES string of the molecule is Cc1cccc(CN2CCc3ccc(OC(C)C(=O)NC4CC4)cc3C2c2ccccc2)c1. The van der Waals surface area contributed by atoms with Crippen molar-refractivity contribution in [3.63, 3.8) is 0 Å². The zero-order chi connectivity index (χ0) is 22.8. The van der Waals surface area contributed by atoms with Crippen molar-refractivity contribution in [3.8, 4) is 5.75 Å². The lowest BCUT2D eigenvalue weighted by Gasteiger charge is -2.38. The molecule has 170 valence electrons. The third-order valence-corrected chi connectivity index (χ3v) is 6.63. The van der Waals surface area contributed by atoms with Crippen molar-refractivity contribution in [2.24, 2.45) is 0 Å². The minimum absolute atomic E-state index is 0.0316. The van der Waals surface area contributed by atoms with E-state index in [2.05, 4.69) is 83.9 Å². The number of aryl methyl sites for hydroxylation is 1. The Hall–Kier alpha value is -3.11. The summed E-state index contributed by atoms with van der Waals surface area (Å²) in [7, 11) is 0. The summed E-state index contributed by atoms with van der Waals surface area (Å²) in [6.45, 7) is 5.87. The summed E-state index contributed by atoms with van der Waals surface area (Å²) < 4.78 is 6.09. The van der Waals surface area contributed by atoms with Crippen LogP contribution in [0, 0.1) is 6.92 Å². The van der Waals surface area contributed by atoms with Gasteiger partial charge in [-0.25, -0.2) is 0 Å². The molecule has 5 rings (SSSR count). The molecule has 1 aliphatic heterocycles. The molecule has 0 saturated heterocycles. The number of nitrogens with zero attached hydrogens (tertiary/aromatic N) is 1. The van der Waals surface area contributed by atoms with Crippen molar-refractivity contribution >= 4 is 5.91 Å². The second-order valence-electron chi connectivity index (χ2n) is 9.43. The highest BCUT2D eigenvalue weighted by molar-refractivity contribution is 5.81. The molecule has 2 unspecified atom stereocenters. The number of hydrogen-bond donors (Lipinski definition) is 1. The van der Waals surface area contributed by atoms with Crippen LogP contribution >= 0.6 is 0 Å². The molecule has 3 aromatic rings. The standard InChI is InChI=1S/C29H32N2O2/c1-20-7-6-8-22(17-20)19-31-16-15-23-11-14-26(33-21(2)29(32)30-25-12-13-25)18-27(23)28(31)24-9-4-3-5-10-24/h3-11,14,17-18,21,25,28H,12-13,15-16,19H2,1-2H3,(H,30,32). The first-order valence-corrected chi connectivity index (χ1v) is 12.0. The summed E-state index contributed by atoms with van der Waals surface area (Å²) in [6, 6.07) is 26.3. The number of nitrogens with one attached hydrogen (secondary N) is 1. The van der Waals surface area contributed by atoms with Gasteiger partial charge in [-0.3, -0.25) is 9.69 Å². The molecule has 0 spiro atoms. The van der Waals surface area contributed by atoms with Crippen molar-refractivity contribution in [1.29, 1.82) is 0 Å². The van der Waals surface area contributed by atoms with Crippen LogP contribution in [0.1, 0.15) is 53.6 Å². The molecule has 1 amide bonds. The van der Waals surface area contributed by atoms with Crippen LogP contribution < -0.4 is 10.1 Å². The number of hydrogen-bond acceptors (Lipinski definition) is 3. The van der Waals surface area contributed by atoms with E-state index in [0.717, 1.165) is 38.1 Å². The van der Waals surface area contributed by atoms with Gasteiger partial charge in [-0.2, -0.15) is 0 Å². The Morgan fingerprint density at radius 2 is 1.88 bits per heavy atom. The lowest BCUT2D eigenvalue weighted by atomic mass is 9.87. The molecule has 1 aliphatic carbocycles. The van der Waals surface area contributed by atoms with Crippen LogP contribution in [-0.2, 0) is 17.8 Å². The van der Waals surface area contributed by atoms with Crippen molar-refractivity contribution in [2.75, 3.05) is 6.54 Å². The van der Waals surface area contributed by atoms with Crippen LogP contribution in [-0.4, -0.2) is 29.5 Å². The number of carbonyl (C=O) groups is 1. The molecule has 1 saturated carbocycles. The van der Waals surface area contributed by atoms with Crippen LogP contribution in [0.15, 0.2) is 72.8 Å². The van der Waals surface area contributed by atoms with Gasteiger partial charge in [-0.05, 0) is 67.5 Å². The summed E-state index contributed by atoms with van der Waals surface area (Å²) in [5.74, 6) is 0.724. The van der Waals surface area contributed by atoms with Crippen LogP contribution in [0.5, 0.6) is 5.75 Å². The lowest BCUT2D eigenvalue weighted by molar-refractivity contribution is -0.127. The van der Waals surface area contributed by atoms with Gasteiger partial charge in [0.25, 0.3) is 5.91 Å². The summed E-state index contributed by atoms with van der Waals surface area (Å²) in [5.41, 5.74) is 6.52. The van der Waals surface area contributed by atoms with E-state index >= 15 is 0 Å². The van der Waals surface area contributed by atoms with Gasteiger partial charge in [0.15, 0.2) is 6.10 Å². The third kappa shape index (κ3) is 5.12. The number of carbonyl (C=O) groups excluding carboxylic acids is 1. The van der Waals surface area contributed by atoms with E-state index in [9.17, 15) is 4.79 Å². The summed E-state index contributed by atoms with van der Waals surface area (Å²) >= 11 is 0. The van der Waals surface area contributed by atoms with Gasteiger partial charge in [-0.15, -0.1) is 0 Å². The van der Waals surface area contributed by atoms with Gasteiger partial charge < -0.3 is 10.1 Å². The maximum Gasteiger partial charge on any atom is 0.260 e. The van der Waals surface area contributed by atoms with Gasteiger partial charge in [0, 0.05) is 19.1 Å². The second-order valence-corrected chi connectivity index (χ2v) is 9.43. The number of ether oxygens (including phenoxy) is 1.